The fourth-order valence-corrected chi connectivity index (χ4v) is 2.96. The van der Waals surface area contributed by atoms with Crippen LogP contribution in [0.2, 0.25) is 5.02 Å². The Morgan fingerprint density at radius 1 is 1.00 bits per heavy atom. The molecule has 5 nitrogen and oxygen atoms in total. The van der Waals surface area contributed by atoms with Crippen LogP contribution in [0.15, 0.2) is 59.5 Å². The molecule has 0 aliphatic rings. The van der Waals surface area contributed by atoms with E-state index in [-0.39, 0.29) is 16.3 Å². The Morgan fingerprint density at radius 2 is 1.58 bits per heavy atom. The first kappa shape index (κ1) is 18.4. The van der Waals surface area contributed by atoms with Crippen LogP contribution < -0.4 is 5.14 Å². The van der Waals surface area contributed by atoms with Gasteiger partial charge in [0.1, 0.15) is 5.69 Å². The number of nitrogens with zero attached hydrogens (tertiary/aromatic N) is 2. The van der Waals surface area contributed by atoms with Crippen molar-refractivity contribution in [2.45, 2.75) is 11.1 Å². The van der Waals surface area contributed by atoms with Gasteiger partial charge in [-0.25, -0.2) is 18.2 Å². The fraction of sp³-hybridized carbons (Fsp3) is 0.0625. The van der Waals surface area contributed by atoms with Crippen molar-refractivity contribution >= 4 is 21.6 Å². The van der Waals surface area contributed by atoms with E-state index in [9.17, 15) is 21.6 Å². The summed E-state index contributed by atoms with van der Waals surface area (Å²) < 4.78 is 63.5. The van der Waals surface area contributed by atoms with Gasteiger partial charge >= 0.3 is 6.18 Å². The summed E-state index contributed by atoms with van der Waals surface area (Å²) in [4.78, 5) is -0.208. The van der Waals surface area contributed by atoms with Crippen LogP contribution in [0.3, 0.4) is 0 Å². The largest absolute Gasteiger partial charge is 0.433 e. The van der Waals surface area contributed by atoms with E-state index < -0.39 is 21.9 Å². The molecule has 0 aliphatic heterocycles. The molecule has 3 aromatic rings. The van der Waals surface area contributed by atoms with E-state index in [0.717, 1.165) is 18.2 Å². The highest BCUT2D eigenvalue weighted by Gasteiger charge is 2.36. The molecule has 136 valence electrons. The maximum Gasteiger partial charge on any atom is 0.433 e. The molecule has 0 spiro atoms. The number of nitrogens with two attached hydrogens (primary N) is 1. The summed E-state index contributed by atoms with van der Waals surface area (Å²) in [6.45, 7) is 0. The lowest BCUT2D eigenvalue weighted by Crippen LogP contribution is -2.14. The molecular weight excluding hydrogens is 391 g/mol. The van der Waals surface area contributed by atoms with Gasteiger partial charge in [-0.1, -0.05) is 23.7 Å². The molecule has 0 bridgehead atoms. The lowest BCUT2D eigenvalue weighted by molar-refractivity contribution is -0.142. The first-order valence-corrected chi connectivity index (χ1v) is 9.04. The molecule has 0 saturated heterocycles. The quantitative estimate of drug-likeness (QED) is 0.723. The van der Waals surface area contributed by atoms with Crippen LogP contribution in [0.1, 0.15) is 5.69 Å². The molecule has 0 atom stereocenters. The zero-order valence-corrected chi connectivity index (χ0v) is 14.5. The molecule has 2 N–H and O–H groups in total. The number of sulfonamides is 1. The fourth-order valence-electron chi connectivity index (χ4n) is 2.32. The minimum Gasteiger partial charge on any atom is -0.228 e. The van der Waals surface area contributed by atoms with Crippen molar-refractivity contribution in [3.63, 3.8) is 0 Å². The molecule has 0 fully saturated rings. The maximum atomic E-state index is 13.4. The van der Waals surface area contributed by atoms with E-state index in [1.54, 1.807) is 24.3 Å². The van der Waals surface area contributed by atoms with Crippen LogP contribution >= 0.6 is 11.6 Å². The highest BCUT2D eigenvalue weighted by Crippen LogP contribution is 2.34. The molecule has 10 heteroatoms. The standard InChI is InChI=1S/C16H11ClF3N3O2S/c17-11-3-1-10(2-4-11)14-9-15(16(18,19)20)23(22-14)12-5-7-13(8-6-12)26(21,24)25/h1-9H,(H2,21,24,25). The Hall–Kier alpha value is -2.36. The van der Waals surface area contributed by atoms with E-state index in [2.05, 4.69) is 5.10 Å². The highest BCUT2D eigenvalue weighted by atomic mass is 35.5. The summed E-state index contributed by atoms with van der Waals surface area (Å²) in [5, 5.41) is 9.45. The van der Waals surface area contributed by atoms with Gasteiger partial charge in [0, 0.05) is 10.6 Å². The van der Waals surface area contributed by atoms with Crippen molar-refractivity contribution in [2.75, 3.05) is 0 Å². The second-order valence-corrected chi connectivity index (χ2v) is 7.37. The maximum absolute atomic E-state index is 13.4. The molecule has 2 aromatic carbocycles. The summed E-state index contributed by atoms with van der Waals surface area (Å²) >= 11 is 5.79. The lowest BCUT2D eigenvalue weighted by Gasteiger charge is -2.10. The molecule has 1 heterocycles. The summed E-state index contributed by atoms with van der Waals surface area (Å²) in [5.74, 6) is 0. The molecule has 0 unspecified atom stereocenters. The Morgan fingerprint density at radius 3 is 2.08 bits per heavy atom. The SMILES string of the molecule is NS(=O)(=O)c1ccc(-n2nc(-c3ccc(Cl)cc3)cc2C(F)(F)F)cc1. The molecular formula is C16H11ClF3N3O2S. The van der Waals surface area contributed by atoms with Crippen molar-refractivity contribution in [1.29, 1.82) is 0 Å². The molecule has 0 amide bonds. The summed E-state index contributed by atoms with van der Waals surface area (Å²) in [6.07, 6.45) is -4.66. The third kappa shape index (κ3) is 3.74. The molecule has 1 aromatic heterocycles. The van der Waals surface area contributed by atoms with Gasteiger partial charge in [0.2, 0.25) is 10.0 Å². The third-order valence-electron chi connectivity index (χ3n) is 3.55. The predicted octanol–water partition coefficient (Wildman–Crippen LogP) is 3.86. The Kier molecular flexibility index (Phi) is 4.55. The number of benzene rings is 2. The minimum atomic E-state index is -4.66. The van der Waals surface area contributed by atoms with E-state index >= 15 is 0 Å². The number of aromatic nitrogens is 2. The average molecular weight is 402 g/mol. The first-order valence-electron chi connectivity index (χ1n) is 7.12. The van der Waals surface area contributed by atoms with Gasteiger partial charge in [0.15, 0.2) is 0 Å². The Bertz CT molecular complexity index is 1040. The molecule has 26 heavy (non-hydrogen) atoms. The number of halogens is 4. The number of hydrogen-bond donors (Lipinski definition) is 1. The second-order valence-electron chi connectivity index (χ2n) is 5.37. The first-order chi connectivity index (χ1) is 12.1. The van der Waals surface area contributed by atoms with E-state index in [4.69, 9.17) is 16.7 Å². The topological polar surface area (TPSA) is 78.0 Å². The van der Waals surface area contributed by atoms with Crippen molar-refractivity contribution in [3.05, 3.63) is 65.3 Å². The van der Waals surface area contributed by atoms with E-state index in [1.807, 2.05) is 0 Å². The van der Waals surface area contributed by atoms with Crippen molar-refractivity contribution in [3.8, 4) is 16.9 Å². The highest BCUT2D eigenvalue weighted by molar-refractivity contribution is 7.89. The number of alkyl halides is 3. The van der Waals surface area contributed by atoms with Gasteiger partial charge in [-0.05, 0) is 42.5 Å². The van der Waals surface area contributed by atoms with Gasteiger partial charge < -0.3 is 0 Å². The summed E-state index contributed by atoms with van der Waals surface area (Å²) in [5.41, 5.74) is -0.389. The van der Waals surface area contributed by atoms with Gasteiger partial charge in [-0.3, -0.25) is 0 Å². The zero-order valence-electron chi connectivity index (χ0n) is 12.9. The molecule has 0 radical (unpaired) electrons. The van der Waals surface area contributed by atoms with Crippen LogP contribution in [-0.4, -0.2) is 18.2 Å². The summed E-state index contributed by atoms with van der Waals surface area (Å²) in [6, 6.07) is 11.8. The van der Waals surface area contributed by atoms with Crippen molar-refractivity contribution < 1.29 is 21.6 Å². The number of hydrogen-bond acceptors (Lipinski definition) is 3. The van der Waals surface area contributed by atoms with Gasteiger partial charge in [0.05, 0.1) is 16.3 Å². The van der Waals surface area contributed by atoms with Gasteiger partial charge in [-0.2, -0.15) is 18.3 Å². The van der Waals surface area contributed by atoms with Crippen molar-refractivity contribution in [1.82, 2.24) is 9.78 Å². The van der Waals surface area contributed by atoms with E-state index in [1.165, 1.54) is 12.1 Å². The van der Waals surface area contributed by atoms with E-state index in [0.29, 0.717) is 15.3 Å². The lowest BCUT2D eigenvalue weighted by atomic mass is 10.1. The third-order valence-corrected chi connectivity index (χ3v) is 4.73. The average Bonchev–Trinajstić information content (AvgIpc) is 3.00. The number of rotatable bonds is 3. The van der Waals surface area contributed by atoms with Crippen molar-refractivity contribution in [2.24, 2.45) is 5.14 Å². The van der Waals surface area contributed by atoms with Gasteiger partial charge in [0.25, 0.3) is 0 Å². The molecule has 0 aliphatic carbocycles. The smallest absolute Gasteiger partial charge is 0.228 e. The minimum absolute atomic E-state index is 0.0462. The molecule has 0 saturated carbocycles. The Labute approximate surface area is 151 Å². The predicted molar refractivity (Wildman–Crippen MR) is 90.4 cm³/mol. The molecule has 3 rings (SSSR count). The monoisotopic (exact) mass is 401 g/mol. The zero-order chi connectivity index (χ0) is 19.1. The Balaban J connectivity index is 2.12. The van der Waals surface area contributed by atoms with Crippen LogP contribution in [0.25, 0.3) is 16.9 Å². The summed E-state index contributed by atoms with van der Waals surface area (Å²) in [7, 11) is -3.95. The number of primary sulfonamides is 1. The second kappa shape index (κ2) is 6.42. The van der Waals surface area contributed by atoms with Crippen LogP contribution in [-0.2, 0) is 16.2 Å². The van der Waals surface area contributed by atoms with Crippen LogP contribution in [0.4, 0.5) is 13.2 Å². The van der Waals surface area contributed by atoms with Crippen LogP contribution in [0.5, 0.6) is 0 Å². The van der Waals surface area contributed by atoms with Gasteiger partial charge in [-0.15, -0.1) is 0 Å². The van der Waals surface area contributed by atoms with Crippen LogP contribution in [0, 0.1) is 0 Å². The normalized spacial score (nSPS) is 12.3.